The van der Waals surface area contributed by atoms with Gasteiger partial charge in [0.25, 0.3) is 0 Å². The second-order valence-corrected chi connectivity index (χ2v) is 7.16. The van der Waals surface area contributed by atoms with E-state index in [0.717, 1.165) is 25.6 Å². The summed E-state index contributed by atoms with van der Waals surface area (Å²) < 4.78 is 0. The molecule has 2 heterocycles. The van der Waals surface area contributed by atoms with Crippen LogP contribution in [0.2, 0.25) is 0 Å². The molecule has 114 valence electrons. The van der Waals surface area contributed by atoms with Gasteiger partial charge in [-0.2, -0.15) is 0 Å². The van der Waals surface area contributed by atoms with Gasteiger partial charge in [-0.1, -0.05) is 34.1 Å². The Morgan fingerprint density at radius 1 is 1.45 bits per heavy atom. The van der Waals surface area contributed by atoms with Crippen molar-refractivity contribution in [3.63, 3.8) is 0 Å². The largest absolute Gasteiger partial charge is 0.308 e. The van der Waals surface area contributed by atoms with Crippen LogP contribution in [0.25, 0.3) is 0 Å². The minimum atomic E-state index is 0.300. The van der Waals surface area contributed by atoms with Gasteiger partial charge < -0.3 is 5.32 Å². The molecule has 0 bridgehead atoms. The molecule has 2 unspecified atom stereocenters. The number of nitrogens with one attached hydrogen (secondary N) is 1. The van der Waals surface area contributed by atoms with Crippen LogP contribution >= 0.6 is 11.3 Å². The zero-order valence-electron chi connectivity index (χ0n) is 13.4. The highest BCUT2D eigenvalue weighted by Gasteiger charge is 2.38. The van der Waals surface area contributed by atoms with Gasteiger partial charge in [-0.25, -0.2) is 0 Å². The normalized spacial score (nSPS) is 24.7. The van der Waals surface area contributed by atoms with Crippen molar-refractivity contribution in [2.75, 3.05) is 13.1 Å². The number of rotatable bonds is 6. The molecule has 0 amide bonds. The number of hydrogen-bond acceptors (Lipinski definition) is 4. The zero-order chi connectivity index (χ0) is 14.6. The lowest BCUT2D eigenvalue weighted by Gasteiger charge is -2.49. The number of aromatic nitrogens is 1. The fourth-order valence-electron chi connectivity index (χ4n) is 3.26. The lowest BCUT2D eigenvalue weighted by molar-refractivity contribution is 0.0402. The third kappa shape index (κ3) is 3.41. The molecule has 1 fully saturated rings. The lowest BCUT2D eigenvalue weighted by atomic mass is 9.85. The van der Waals surface area contributed by atoms with Crippen molar-refractivity contribution in [1.29, 1.82) is 0 Å². The summed E-state index contributed by atoms with van der Waals surface area (Å²) >= 11 is 1.78. The molecule has 1 aromatic heterocycles. The maximum Gasteiger partial charge on any atom is 0.0794 e. The van der Waals surface area contributed by atoms with E-state index in [0.29, 0.717) is 11.6 Å². The van der Waals surface area contributed by atoms with Crippen molar-refractivity contribution in [3.8, 4) is 0 Å². The highest BCUT2D eigenvalue weighted by molar-refractivity contribution is 7.09. The summed E-state index contributed by atoms with van der Waals surface area (Å²) in [6.45, 7) is 12.6. The maximum absolute atomic E-state index is 4.23. The first-order chi connectivity index (χ1) is 9.64. The van der Waals surface area contributed by atoms with E-state index < -0.39 is 0 Å². The Bertz CT molecular complexity index is 386. The monoisotopic (exact) mass is 295 g/mol. The number of hydrogen-bond donors (Lipinski definition) is 1. The molecule has 2 atom stereocenters. The Morgan fingerprint density at radius 3 is 2.75 bits per heavy atom. The molecule has 0 saturated carbocycles. The van der Waals surface area contributed by atoms with Gasteiger partial charge >= 0.3 is 0 Å². The van der Waals surface area contributed by atoms with Crippen LogP contribution in [0, 0.1) is 5.92 Å². The lowest BCUT2D eigenvalue weighted by Crippen LogP contribution is -2.64. The molecule has 4 heteroatoms. The second kappa shape index (κ2) is 7.01. The molecule has 3 nitrogen and oxygen atoms in total. The van der Waals surface area contributed by atoms with Crippen LogP contribution < -0.4 is 5.32 Å². The standard InChI is InChI=1S/C16H29N3S/c1-5-13(4)15-9-18-16(6-2,7-3)11-19(15)10-14-8-17-12-20-14/h8,12-13,15,18H,5-7,9-11H2,1-4H3. The molecule has 20 heavy (non-hydrogen) atoms. The average Bonchev–Trinajstić information content (AvgIpc) is 2.99. The predicted molar refractivity (Wildman–Crippen MR) is 87.1 cm³/mol. The molecule has 0 spiro atoms. The van der Waals surface area contributed by atoms with E-state index in [1.54, 1.807) is 11.3 Å². The first-order valence-electron chi connectivity index (χ1n) is 8.00. The first-order valence-corrected chi connectivity index (χ1v) is 8.88. The van der Waals surface area contributed by atoms with E-state index in [2.05, 4.69) is 42.9 Å². The molecule has 0 radical (unpaired) electrons. The SMILES string of the molecule is CCC(C)C1CNC(CC)(CC)CN1Cc1cncs1. The molecule has 1 saturated heterocycles. The fourth-order valence-corrected chi connectivity index (χ4v) is 3.88. The Kier molecular flexibility index (Phi) is 5.58. The van der Waals surface area contributed by atoms with E-state index in [4.69, 9.17) is 0 Å². The maximum atomic E-state index is 4.23. The van der Waals surface area contributed by atoms with E-state index >= 15 is 0 Å². The van der Waals surface area contributed by atoms with Gasteiger partial charge in [0.05, 0.1) is 5.51 Å². The van der Waals surface area contributed by atoms with E-state index in [9.17, 15) is 0 Å². The smallest absolute Gasteiger partial charge is 0.0794 e. The van der Waals surface area contributed by atoms with Crippen molar-refractivity contribution in [2.45, 2.75) is 65.1 Å². The highest BCUT2D eigenvalue weighted by atomic mass is 32.1. The summed E-state index contributed by atoms with van der Waals surface area (Å²) in [7, 11) is 0. The van der Waals surface area contributed by atoms with Crippen LogP contribution in [-0.4, -0.2) is 34.6 Å². The van der Waals surface area contributed by atoms with Gasteiger partial charge in [-0.3, -0.25) is 9.88 Å². The van der Waals surface area contributed by atoms with Crippen LogP contribution in [0.3, 0.4) is 0 Å². The fraction of sp³-hybridized carbons (Fsp3) is 0.812. The number of piperazine rings is 1. The summed E-state index contributed by atoms with van der Waals surface area (Å²) in [5.41, 5.74) is 2.25. The highest BCUT2D eigenvalue weighted by Crippen LogP contribution is 2.28. The quantitative estimate of drug-likeness (QED) is 0.870. The summed E-state index contributed by atoms with van der Waals surface area (Å²) in [6, 6.07) is 0.647. The predicted octanol–water partition coefficient (Wildman–Crippen LogP) is 3.52. The van der Waals surface area contributed by atoms with Gasteiger partial charge in [-0.15, -0.1) is 11.3 Å². The zero-order valence-corrected chi connectivity index (χ0v) is 14.2. The third-order valence-corrected chi connectivity index (χ3v) is 5.92. The van der Waals surface area contributed by atoms with Gasteiger partial charge in [-0.05, 0) is 18.8 Å². The minimum Gasteiger partial charge on any atom is -0.308 e. The molecular formula is C16H29N3S. The third-order valence-electron chi connectivity index (χ3n) is 5.16. The topological polar surface area (TPSA) is 28.2 Å². The Balaban J connectivity index is 2.14. The summed E-state index contributed by atoms with van der Waals surface area (Å²) in [4.78, 5) is 8.32. The Hall–Kier alpha value is -0.450. The molecule has 0 aliphatic carbocycles. The van der Waals surface area contributed by atoms with Crippen molar-refractivity contribution in [1.82, 2.24) is 15.2 Å². The first kappa shape index (κ1) is 15.9. The average molecular weight is 295 g/mol. The molecule has 1 aromatic rings. The summed E-state index contributed by atoms with van der Waals surface area (Å²) in [5.74, 6) is 0.738. The molecule has 1 aliphatic rings. The van der Waals surface area contributed by atoms with Gasteiger partial charge in [0.2, 0.25) is 0 Å². The molecule has 1 aliphatic heterocycles. The number of nitrogens with zero attached hydrogens (tertiary/aromatic N) is 2. The molecule has 2 rings (SSSR count). The van der Waals surface area contributed by atoms with E-state index in [1.807, 2.05) is 11.7 Å². The van der Waals surface area contributed by atoms with Crippen molar-refractivity contribution < 1.29 is 0 Å². The summed E-state index contributed by atoms with van der Waals surface area (Å²) in [6.07, 6.45) is 5.68. The van der Waals surface area contributed by atoms with Crippen LogP contribution in [-0.2, 0) is 6.54 Å². The van der Waals surface area contributed by atoms with E-state index in [-0.39, 0.29) is 0 Å². The number of thiazole rings is 1. The molecule has 0 aromatic carbocycles. The van der Waals surface area contributed by atoms with Crippen molar-refractivity contribution in [2.24, 2.45) is 5.92 Å². The van der Waals surface area contributed by atoms with Crippen molar-refractivity contribution >= 4 is 11.3 Å². The molecule has 1 N–H and O–H groups in total. The minimum absolute atomic E-state index is 0.300. The summed E-state index contributed by atoms with van der Waals surface area (Å²) in [5, 5.41) is 3.85. The van der Waals surface area contributed by atoms with Gasteiger partial charge in [0.1, 0.15) is 0 Å². The van der Waals surface area contributed by atoms with Gasteiger partial charge in [0, 0.05) is 42.3 Å². The van der Waals surface area contributed by atoms with Gasteiger partial charge in [0.15, 0.2) is 0 Å². The second-order valence-electron chi connectivity index (χ2n) is 6.19. The van der Waals surface area contributed by atoms with E-state index in [1.165, 1.54) is 24.1 Å². The van der Waals surface area contributed by atoms with Crippen LogP contribution in [0.5, 0.6) is 0 Å². The van der Waals surface area contributed by atoms with Crippen molar-refractivity contribution in [3.05, 3.63) is 16.6 Å². The van der Waals surface area contributed by atoms with Crippen LogP contribution in [0.1, 0.15) is 51.8 Å². The van der Waals surface area contributed by atoms with Crippen LogP contribution in [0.4, 0.5) is 0 Å². The Labute approximate surface area is 127 Å². The Morgan fingerprint density at radius 2 is 2.20 bits per heavy atom. The molecular weight excluding hydrogens is 266 g/mol. The van der Waals surface area contributed by atoms with Crippen LogP contribution in [0.15, 0.2) is 11.7 Å².